The van der Waals surface area contributed by atoms with Crippen molar-refractivity contribution in [2.45, 2.75) is 12.5 Å². The third-order valence-corrected chi connectivity index (χ3v) is 4.29. The third-order valence-electron chi connectivity index (χ3n) is 4.29. The van der Waals surface area contributed by atoms with Crippen molar-refractivity contribution in [1.29, 1.82) is 0 Å². The molecule has 2 aromatic carbocycles. The van der Waals surface area contributed by atoms with Gasteiger partial charge in [0.25, 0.3) is 0 Å². The van der Waals surface area contributed by atoms with Crippen molar-refractivity contribution >= 4 is 10.9 Å². The van der Waals surface area contributed by atoms with Crippen molar-refractivity contribution in [3.05, 3.63) is 71.4 Å². The van der Waals surface area contributed by atoms with Crippen molar-refractivity contribution in [2.24, 2.45) is 0 Å². The molecule has 0 bridgehead atoms. The number of H-pyrrole nitrogens is 1. The molecule has 0 fully saturated rings. The molecule has 3 aromatic rings. The van der Waals surface area contributed by atoms with Crippen LogP contribution in [0, 0.1) is 0 Å². The normalized spacial score (nSPS) is 19.1. The SMILES string of the molecule is CN1Cc2ccccc2C(c2cc3ccccc3[nH]2)C1. The fraction of sp³-hybridized carbons (Fsp3) is 0.222. The van der Waals surface area contributed by atoms with Gasteiger partial charge in [0.1, 0.15) is 0 Å². The fourth-order valence-electron chi connectivity index (χ4n) is 3.33. The smallest absolute Gasteiger partial charge is 0.0456 e. The zero-order valence-electron chi connectivity index (χ0n) is 11.6. The van der Waals surface area contributed by atoms with Gasteiger partial charge in [0.15, 0.2) is 0 Å². The predicted octanol–water partition coefficient (Wildman–Crippen LogP) is 3.75. The molecule has 2 heterocycles. The van der Waals surface area contributed by atoms with Crippen LogP contribution in [0.25, 0.3) is 10.9 Å². The van der Waals surface area contributed by atoms with Gasteiger partial charge in [0.05, 0.1) is 0 Å². The van der Waals surface area contributed by atoms with Crippen molar-refractivity contribution in [3.63, 3.8) is 0 Å². The van der Waals surface area contributed by atoms with E-state index in [-0.39, 0.29) is 0 Å². The summed E-state index contributed by atoms with van der Waals surface area (Å²) in [4.78, 5) is 6.00. The number of fused-ring (bicyclic) bond motifs is 2. The van der Waals surface area contributed by atoms with Crippen LogP contribution in [0.3, 0.4) is 0 Å². The first-order valence-electron chi connectivity index (χ1n) is 7.15. The van der Waals surface area contributed by atoms with Crippen LogP contribution in [0.15, 0.2) is 54.6 Å². The molecule has 1 aromatic heterocycles. The van der Waals surface area contributed by atoms with Crippen LogP contribution in [0.1, 0.15) is 22.7 Å². The number of hydrogen-bond acceptors (Lipinski definition) is 1. The van der Waals surface area contributed by atoms with E-state index in [0.29, 0.717) is 5.92 Å². The van der Waals surface area contributed by atoms with Gasteiger partial charge in [-0.25, -0.2) is 0 Å². The molecule has 1 aliphatic rings. The number of aromatic nitrogens is 1. The molecule has 1 unspecified atom stereocenters. The number of hydrogen-bond donors (Lipinski definition) is 1. The zero-order chi connectivity index (χ0) is 13.5. The first-order chi connectivity index (χ1) is 9.81. The van der Waals surface area contributed by atoms with E-state index < -0.39 is 0 Å². The number of aromatic amines is 1. The number of nitrogens with zero attached hydrogens (tertiary/aromatic N) is 1. The summed E-state index contributed by atoms with van der Waals surface area (Å²) >= 11 is 0. The summed E-state index contributed by atoms with van der Waals surface area (Å²) in [6.45, 7) is 2.12. The molecule has 4 rings (SSSR count). The topological polar surface area (TPSA) is 19.0 Å². The Bertz CT molecular complexity index is 724. The molecule has 1 N–H and O–H groups in total. The second-order valence-electron chi connectivity index (χ2n) is 5.76. The van der Waals surface area contributed by atoms with Gasteiger partial charge in [-0.05, 0) is 35.7 Å². The van der Waals surface area contributed by atoms with Gasteiger partial charge in [-0.3, -0.25) is 0 Å². The highest BCUT2D eigenvalue weighted by molar-refractivity contribution is 5.80. The molecule has 0 saturated carbocycles. The highest BCUT2D eigenvalue weighted by atomic mass is 15.1. The van der Waals surface area contributed by atoms with Crippen molar-refractivity contribution in [3.8, 4) is 0 Å². The largest absolute Gasteiger partial charge is 0.358 e. The van der Waals surface area contributed by atoms with E-state index in [1.54, 1.807) is 0 Å². The van der Waals surface area contributed by atoms with E-state index >= 15 is 0 Å². The Kier molecular flexibility index (Phi) is 2.64. The molecule has 1 aliphatic heterocycles. The van der Waals surface area contributed by atoms with Crippen LogP contribution in [0.5, 0.6) is 0 Å². The molecule has 1 atom stereocenters. The van der Waals surface area contributed by atoms with E-state index in [2.05, 4.69) is 71.5 Å². The quantitative estimate of drug-likeness (QED) is 0.707. The van der Waals surface area contributed by atoms with Crippen LogP contribution < -0.4 is 0 Å². The van der Waals surface area contributed by atoms with Crippen LogP contribution in [-0.4, -0.2) is 23.5 Å². The summed E-state index contributed by atoms with van der Waals surface area (Å²) < 4.78 is 0. The first kappa shape index (κ1) is 11.7. The Morgan fingerprint density at radius 2 is 1.85 bits per heavy atom. The lowest BCUT2D eigenvalue weighted by molar-refractivity contribution is 0.294. The maximum atomic E-state index is 3.60. The lowest BCUT2D eigenvalue weighted by Gasteiger charge is -2.31. The summed E-state index contributed by atoms with van der Waals surface area (Å²) in [6, 6.07) is 19.6. The molecule has 2 nitrogen and oxygen atoms in total. The molecule has 100 valence electrons. The summed E-state index contributed by atoms with van der Waals surface area (Å²) in [5, 5.41) is 1.30. The Morgan fingerprint density at radius 1 is 1.05 bits per heavy atom. The lowest BCUT2D eigenvalue weighted by Crippen LogP contribution is -2.31. The van der Waals surface area contributed by atoms with Gasteiger partial charge in [0.2, 0.25) is 0 Å². The minimum atomic E-state index is 0.442. The van der Waals surface area contributed by atoms with Gasteiger partial charge >= 0.3 is 0 Å². The molecule has 0 spiro atoms. The maximum Gasteiger partial charge on any atom is 0.0456 e. The lowest BCUT2D eigenvalue weighted by atomic mass is 9.88. The second-order valence-corrected chi connectivity index (χ2v) is 5.76. The Hall–Kier alpha value is -2.06. The minimum Gasteiger partial charge on any atom is -0.358 e. The Labute approximate surface area is 119 Å². The number of nitrogens with one attached hydrogen (secondary N) is 1. The Morgan fingerprint density at radius 3 is 2.75 bits per heavy atom. The molecule has 20 heavy (non-hydrogen) atoms. The van der Waals surface area contributed by atoms with E-state index in [9.17, 15) is 0 Å². The van der Waals surface area contributed by atoms with Crippen LogP contribution in [0.4, 0.5) is 0 Å². The predicted molar refractivity (Wildman–Crippen MR) is 82.9 cm³/mol. The Balaban J connectivity index is 1.85. The molecule has 2 heteroatoms. The summed E-state index contributed by atoms with van der Waals surface area (Å²) in [7, 11) is 2.20. The zero-order valence-corrected chi connectivity index (χ0v) is 11.6. The van der Waals surface area contributed by atoms with Crippen LogP contribution in [-0.2, 0) is 6.54 Å². The molecule has 0 amide bonds. The summed E-state index contributed by atoms with van der Waals surface area (Å²) in [6.07, 6.45) is 0. The highest BCUT2D eigenvalue weighted by Gasteiger charge is 2.25. The van der Waals surface area contributed by atoms with E-state index in [1.165, 1.54) is 27.7 Å². The summed E-state index contributed by atoms with van der Waals surface area (Å²) in [5.41, 5.74) is 5.47. The molecular weight excluding hydrogens is 244 g/mol. The first-order valence-corrected chi connectivity index (χ1v) is 7.15. The average Bonchev–Trinajstić information content (AvgIpc) is 2.90. The van der Waals surface area contributed by atoms with Gasteiger partial charge in [0, 0.05) is 30.2 Å². The van der Waals surface area contributed by atoms with Gasteiger partial charge in [-0.15, -0.1) is 0 Å². The highest BCUT2D eigenvalue weighted by Crippen LogP contribution is 2.33. The van der Waals surface area contributed by atoms with E-state index in [1.807, 2.05) is 0 Å². The average molecular weight is 262 g/mol. The standard InChI is InChI=1S/C18H18N2/c1-20-11-14-7-2-4-8-15(14)16(12-20)18-10-13-6-3-5-9-17(13)19-18/h2-10,16,19H,11-12H2,1H3. The maximum absolute atomic E-state index is 3.60. The van der Waals surface area contributed by atoms with Gasteiger partial charge in [-0.2, -0.15) is 0 Å². The summed E-state index contributed by atoms with van der Waals surface area (Å²) in [5.74, 6) is 0.442. The fourth-order valence-corrected chi connectivity index (χ4v) is 3.33. The third kappa shape index (κ3) is 1.84. The number of likely N-dealkylation sites (N-methyl/N-ethyl adjacent to an activating group) is 1. The van der Waals surface area contributed by atoms with Crippen molar-refractivity contribution < 1.29 is 0 Å². The monoisotopic (exact) mass is 262 g/mol. The van der Waals surface area contributed by atoms with Crippen LogP contribution in [0.2, 0.25) is 0 Å². The number of benzene rings is 2. The number of para-hydroxylation sites is 1. The molecule has 0 radical (unpaired) electrons. The van der Waals surface area contributed by atoms with E-state index in [0.717, 1.165) is 13.1 Å². The second kappa shape index (κ2) is 4.50. The van der Waals surface area contributed by atoms with Crippen LogP contribution >= 0.6 is 0 Å². The van der Waals surface area contributed by atoms with E-state index in [4.69, 9.17) is 0 Å². The van der Waals surface area contributed by atoms with Crippen molar-refractivity contribution in [1.82, 2.24) is 9.88 Å². The molecular formula is C18H18N2. The van der Waals surface area contributed by atoms with Gasteiger partial charge < -0.3 is 9.88 Å². The van der Waals surface area contributed by atoms with Crippen molar-refractivity contribution in [2.75, 3.05) is 13.6 Å². The molecule has 0 aliphatic carbocycles. The van der Waals surface area contributed by atoms with Gasteiger partial charge in [-0.1, -0.05) is 42.5 Å². The number of rotatable bonds is 1. The molecule has 0 saturated heterocycles. The minimum absolute atomic E-state index is 0.442.